The van der Waals surface area contributed by atoms with Gasteiger partial charge in [-0.2, -0.15) is 5.10 Å². The molecule has 0 atom stereocenters. The molecule has 4 nitrogen and oxygen atoms in total. The minimum atomic E-state index is -0.0121. The number of alkyl halides is 1. The summed E-state index contributed by atoms with van der Waals surface area (Å²) < 4.78 is 1.67. The predicted octanol–water partition coefficient (Wildman–Crippen LogP) is 2.67. The first-order chi connectivity index (χ1) is 9.10. The average Bonchev–Trinajstić information content (AvgIpc) is 3.03. The van der Waals surface area contributed by atoms with Crippen LogP contribution in [0.3, 0.4) is 0 Å². The zero-order valence-corrected chi connectivity index (χ0v) is 13.3. The van der Waals surface area contributed by atoms with Crippen LogP contribution in [0.1, 0.15) is 48.8 Å². The van der Waals surface area contributed by atoms with Crippen LogP contribution in [0.25, 0.3) is 0 Å². The molecule has 19 heavy (non-hydrogen) atoms. The summed E-state index contributed by atoms with van der Waals surface area (Å²) in [5.74, 6) is -0.0121. The summed E-state index contributed by atoms with van der Waals surface area (Å²) in [5, 5.41) is 8.36. The van der Waals surface area contributed by atoms with Crippen molar-refractivity contribution in [2.45, 2.75) is 39.0 Å². The quantitative estimate of drug-likeness (QED) is 0.845. The van der Waals surface area contributed by atoms with Crippen molar-refractivity contribution in [3.05, 3.63) is 17.5 Å². The molecule has 1 saturated carbocycles. The van der Waals surface area contributed by atoms with Crippen LogP contribution in [0.5, 0.6) is 0 Å². The standard InChI is InChI=1S/C14H22BrN3O/c1-3-11-8-12(18(2)17-11)13(19)16-10-14(9-15)6-4-5-7-14/h8H,3-7,9-10H2,1-2H3,(H,16,19). The van der Waals surface area contributed by atoms with E-state index in [2.05, 4.69) is 26.3 Å². The molecule has 0 bridgehead atoms. The molecular formula is C14H22BrN3O. The highest BCUT2D eigenvalue weighted by Crippen LogP contribution is 2.38. The molecule has 0 unspecified atom stereocenters. The van der Waals surface area contributed by atoms with Crippen LogP contribution < -0.4 is 5.32 Å². The van der Waals surface area contributed by atoms with Gasteiger partial charge in [0, 0.05) is 18.9 Å². The van der Waals surface area contributed by atoms with E-state index < -0.39 is 0 Å². The zero-order valence-electron chi connectivity index (χ0n) is 11.7. The number of rotatable bonds is 5. The number of aryl methyl sites for hydroxylation is 2. The van der Waals surface area contributed by atoms with E-state index in [9.17, 15) is 4.79 Å². The van der Waals surface area contributed by atoms with Crippen molar-refractivity contribution in [2.24, 2.45) is 12.5 Å². The molecule has 5 heteroatoms. The maximum Gasteiger partial charge on any atom is 0.269 e. The minimum Gasteiger partial charge on any atom is -0.350 e. The smallest absolute Gasteiger partial charge is 0.269 e. The first-order valence-electron chi connectivity index (χ1n) is 6.97. The Kier molecular flexibility index (Phi) is 4.66. The minimum absolute atomic E-state index is 0.0121. The van der Waals surface area contributed by atoms with Crippen molar-refractivity contribution < 1.29 is 4.79 Å². The Morgan fingerprint density at radius 1 is 1.53 bits per heavy atom. The number of carbonyl (C=O) groups is 1. The molecule has 0 spiro atoms. The Labute approximate surface area is 123 Å². The Hall–Kier alpha value is -0.840. The van der Waals surface area contributed by atoms with Crippen LogP contribution in [0, 0.1) is 5.41 Å². The molecule has 106 valence electrons. The number of aromatic nitrogens is 2. The number of amides is 1. The Balaban J connectivity index is 1.98. The number of nitrogens with one attached hydrogen (secondary N) is 1. The molecule has 0 radical (unpaired) electrons. The summed E-state index contributed by atoms with van der Waals surface area (Å²) in [7, 11) is 1.82. The lowest BCUT2D eigenvalue weighted by molar-refractivity contribution is 0.0926. The number of halogens is 1. The maximum absolute atomic E-state index is 12.2. The van der Waals surface area contributed by atoms with Crippen molar-refractivity contribution in [3.63, 3.8) is 0 Å². The summed E-state index contributed by atoms with van der Waals surface area (Å²) in [6, 6.07) is 1.88. The highest BCUT2D eigenvalue weighted by molar-refractivity contribution is 9.09. The highest BCUT2D eigenvalue weighted by atomic mass is 79.9. The Morgan fingerprint density at radius 2 is 2.21 bits per heavy atom. The second-order valence-electron chi connectivity index (χ2n) is 5.52. The monoisotopic (exact) mass is 327 g/mol. The summed E-state index contributed by atoms with van der Waals surface area (Å²) in [6.45, 7) is 2.80. The third-order valence-corrected chi connectivity index (χ3v) is 5.29. The number of hydrogen-bond acceptors (Lipinski definition) is 2. The maximum atomic E-state index is 12.2. The largest absolute Gasteiger partial charge is 0.350 e. The normalized spacial score (nSPS) is 17.6. The van der Waals surface area contributed by atoms with Gasteiger partial charge in [0.1, 0.15) is 5.69 Å². The summed E-state index contributed by atoms with van der Waals surface area (Å²) in [6.07, 6.45) is 5.79. The van der Waals surface area contributed by atoms with Crippen LogP contribution in [0.15, 0.2) is 6.07 Å². The molecule has 2 rings (SSSR count). The van der Waals surface area contributed by atoms with Gasteiger partial charge in [0.05, 0.1) is 5.69 Å². The van der Waals surface area contributed by atoms with E-state index in [1.54, 1.807) is 4.68 Å². The average molecular weight is 328 g/mol. The van der Waals surface area contributed by atoms with Gasteiger partial charge in [-0.15, -0.1) is 0 Å². The van der Waals surface area contributed by atoms with Crippen molar-refractivity contribution in [3.8, 4) is 0 Å². The van der Waals surface area contributed by atoms with E-state index >= 15 is 0 Å². The molecular weight excluding hydrogens is 306 g/mol. The second kappa shape index (κ2) is 6.07. The van der Waals surface area contributed by atoms with Gasteiger partial charge in [-0.1, -0.05) is 35.7 Å². The summed E-state index contributed by atoms with van der Waals surface area (Å²) in [4.78, 5) is 12.2. The van der Waals surface area contributed by atoms with Gasteiger partial charge in [-0.25, -0.2) is 0 Å². The topological polar surface area (TPSA) is 46.9 Å². The van der Waals surface area contributed by atoms with Gasteiger partial charge in [0.2, 0.25) is 0 Å². The van der Waals surface area contributed by atoms with Crippen LogP contribution in [0.2, 0.25) is 0 Å². The van der Waals surface area contributed by atoms with Crippen LogP contribution in [-0.2, 0) is 13.5 Å². The highest BCUT2D eigenvalue weighted by Gasteiger charge is 2.33. The van der Waals surface area contributed by atoms with Crippen LogP contribution in [0.4, 0.5) is 0 Å². The Morgan fingerprint density at radius 3 is 2.74 bits per heavy atom. The van der Waals surface area contributed by atoms with Crippen molar-refractivity contribution in [2.75, 3.05) is 11.9 Å². The third-order valence-electron chi connectivity index (χ3n) is 4.10. The lowest BCUT2D eigenvalue weighted by Gasteiger charge is -2.26. The molecule has 1 fully saturated rings. The van der Waals surface area contributed by atoms with E-state index in [4.69, 9.17) is 0 Å². The van der Waals surface area contributed by atoms with Crippen LogP contribution in [-0.4, -0.2) is 27.6 Å². The van der Waals surface area contributed by atoms with Gasteiger partial charge in [-0.05, 0) is 30.7 Å². The summed E-state index contributed by atoms with van der Waals surface area (Å²) in [5.41, 5.74) is 1.87. The fourth-order valence-corrected chi connectivity index (χ4v) is 3.51. The van der Waals surface area contributed by atoms with Gasteiger partial charge in [-0.3, -0.25) is 9.48 Å². The van der Waals surface area contributed by atoms with Crippen molar-refractivity contribution >= 4 is 21.8 Å². The van der Waals surface area contributed by atoms with E-state index in [0.717, 1.165) is 24.0 Å². The number of carbonyl (C=O) groups excluding carboxylic acids is 1. The van der Waals surface area contributed by atoms with Gasteiger partial charge in [0.25, 0.3) is 5.91 Å². The number of nitrogens with zero attached hydrogens (tertiary/aromatic N) is 2. The molecule has 1 amide bonds. The molecule has 0 aliphatic heterocycles. The molecule has 0 aromatic carbocycles. The number of hydrogen-bond donors (Lipinski definition) is 1. The Bertz CT molecular complexity index is 450. The molecule has 1 aromatic rings. The fourth-order valence-electron chi connectivity index (χ4n) is 2.75. The van der Waals surface area contributed by atoms with Gasteiger partial charge in [0.15, 0.2) is 0 Å². The van der Waals surface area contributed by atoms with E-state index in [1.807, 2.05) is 20.0 Å². The van der Waals surface area contributed by atoms with E-state index in [1.165, 1.54) is 25.7 Å². The molecule has 1 N–H and O–H groups in total. The fraction of sp³-hybridized carbons (Fsp3) is 0.714. The first-order valence-corrected chi connectivity index (χ1v) is 8.09. The van der Waals surface area contributed by atoms with Gasteiger partial charge < -0.3 is 5.32 Å². The van der Waals surface area contributed by atoms with Crippen molar-refractivity contribution in [1.29, 1.82) is 0 Å². The third kappa shape index (κ3) is 3.19. The summed E-state index contributed by atoms with van der Waals surface area (Å²) >= 11 is 3.60. The van der Waals surface area contributed by atoms with E-state index in [-0.39, 0.29) is 11.3 Å². The molecule has 0 saturated heterocycles. The molecule has 1 aliphatic carbocycles. The predicted molar refractivity (Wildman–Crippen MR) is 79.6 cm³/mol. The van der Waals surface area contributed by atoms with Crippen LogP contribution >= 0.6 is 15.9 Å². The van der Waals surface area contributed by atoms with Crippen molar-refractivity contribution in [1.82, 2.24) is 15.1 Å². The molecule has 1 aromatic heterocycles. The molecule has 1 heterocycles. The van der Waals surface area contributed by atoms with Gasteiger partial charge >= 0.3 is 0 Å². The van der Waals surface area contributed by atoms with E-state index in [0.29, 0.717) is 5.69 Å². The SMILES string of the molecule is CCc1cc(C(=O)NCC2(CBr)CCCC2)n(C)n1. The lowest BCUT2D eigenvalue weighted by Crippen LogP contribution is -2.37. The molecule has 1 aliphatic rings. The second-order valence-corrected chi connectivity index (χ2v) is 6.08. The zero-order chi connectivity index (χ0) is 13.9. The first kappa shape index (κ1) is 14.6. The lowest BCUT2D eigenvalue weighted by atomic mass is 9.89.